The second-order valence-corrected chi connectivity index (χ2v) is 8.57. The Balaban J connectivity index is 1.33. The molecule has 0 bridgehead atoms. The topological polar surface area (TPSA) is 48.6 Å². The van der Waals surface area contributed by atoms with Gasteiger partial charge in [-0.05, 0) is 53.6 Å². The summed E-state index contributed by atoms with van der Waals surface area (Å²) in [4.78, 5) is 20.4. The van der Waals surface area contributed by atoms with Crippen molar-refractivity contribution >= 4 is 23.2 Å². The molecular weight excluding hydrogens is 433 g/mol. The number of hydrogen-bond acceptors (Lipinski definition) is 4. The van der Waals surface area contributed by atoms with Gasteiger partial charge >= 0.3 is 0 Å². The average molecular weight is 458 g/mol. The predicted molar refractivity (Wildman–Crippen MR) is 126 cm³/mol. The molecule has 1 fully saturated rings. The summed E-state index contributed by atoms with van der Waals surface area (Å²) in [6.45, 7) is 5.23. The second kappa shape index (κ2) is 9.88. The summed E-state index contributed by atoms with van der Waals surface area (Å²) < 4.78 is 5.19. The third kappa shape index (κ3) is 5.49. The highest BCUT2D eigenvalue weighted by atomic mass is 35.5. The number of aromatic nitrogens is 1. The molecule has 0 spiro atoms. The molecule has 1 N–H and O–H groups in total. The van der Waals surface area contributed by atoms with Crippen molar-refractivity contribution in [2.75, 3.05) is 33.3 Å². The maximum absolute atomic E-state index is 12.6. The maximum atomic E-state index is 12.6. The van der Waals surface area contributed by atoms with E-state index in [2.05, 4.69) is 14.8 Å². The minimum Gasteiger partial charge on any atom is -0.497 e. The number of benzene rings is 2. The van der Waals surface area contributed by atoms with Crippen molar-refractivity contribution in [1.29, 1.82) is 0 Å². The van der Waals surface area contributed by atoms with Gasteiger partial charge in [0.1, 0.15) is 5.75 Å². The van der Waals surface area contributed by atoms with Crippen LogP contribution in [0.5, 0.6) is 5.75 Å². The average Bonchev–Trinajstić information content (AvgIpc) is 2.79. The number of halogens is 2. The molecule has 31 heavy (non-hydrogen) atoms. The lowest BCUT2D eigenvalue weighted by Gasteiger charge is -2.34. The molecule has 2 aromatic carbocycles. The molecule has 1 aliphatic heterocycles. The van der Waals surface area contributed by atoms with Gasteiger partial charge in [0.05, 0.1) is 17.2 Å². The number of methoxy groups -OCH3 is 1. The van der Waals surface area contributed by atoms with Crippen LogP contribution in [-0.2, 0) is 13.1 Å². The lowest BCUT2D eigenvalue weighted by atomic mass is 10.1. The van der Waals surface area contributed by atoms with Gasteiger partial charge in [-0.2, -0.15) is 0 Å². The van der Waals surface area contributed by atoms with Crippen LogP contribution in [0, 0.1) is 0 Å². The molecule has 3 aromatic rings. The Bertz CT molecular complexity index is 1090. The largest absolute Gasteiger partial charge is 0.497 e. The Labute approximate surface area is 192 Å². The van der Waals surface area contributed by atoms with Crippen molar-refractivity contribution in [3.05, 3.63) is 86.1 Å². The summed E-state index contributed by atoms with van der Waals surface area (Å²) in [6, 6.07) is 17.4. The predicted octanol–water partition coefficient (Wildman–Crippen LogP) is 4.68. The van der Waals surface area contributed by atoms with E-state index in [1.807, 2.05) is 54.6 Å². The van der Waals surface area contributed by atoms with E-state index >= 15 is 0 Å². The van der Waals surface area contributed by atoms with Crippen LogP contribution in [0.2, 0.25) is 10.0 Å². The van der Waals surface area contributed by atoms with Gasteiger partial charge in [0.25, 0.3) is 5.56 Å². The smallest absolute Gasteiger partial charge is 0.252 e. The fourth-order valence-corrected chi connectivity index (χ4v) is 4.13. The molecule has 162 valence electrons. The van der Waals surface area contributed by atoms with Gasteiger partial charge < -0.3 is 9.72 Å². The van der Waals surface area contributed by atoms with E-state index in [0.29, 0.717) is 16.6 Å². The minimum atomic E-state index is -0.0356. The summed E-state index contributed by atoms with van der Waals surface area (Å²) in [5, 5.41) is 1.17. The molecule has 5 nitrogen and oxygen atoms in total. The lowest BCUT2D eigenvalue weighted by Crippen LogP contribution is -2.45. The van der Waals surface area contributed by atoms with Gasteiger partial charge in [-0.3, -0.25) is 14.6 Å². The highest BCUT2D eigenvalue weighted by Crippen LogP contribution is 2.24. The number of nitrogens with zero attached hydrogens (tertiary/aromatic N) is 2. The molecule has 0 radical (unpaired) electrons. The quantitative estimate of drug-likeness (QED) is 0.583. The van der Waals surface area contributed by atoms with Crippen LogP contribution in [0.1, 0.15) is 11.1 Å². The molecule has 0 aliphatic carbocycles. The molecule has 0 amide bonds. The standard InChI is InChI=1S/C24H25Cl2N3O2/c1-31-20-6-3-18(4-7-20)23-9-5-19(24(30)27-23)16-29-12-10-28(11-13-29)15-17-2-8-21(25)22(26)14-17/h2-9,14H,10-13,15-16H2,1H3,(H,27,30). The van der Waals surface area contributed by atoms with Crippen LogP contribution in [0.25, 0.3) is 11.3 Å². The monoisotopic (exact) mass is 457 g/mol. The van der Waals surface area contributed by atoms with Gasteiger partial charge in [-0.1, -0.05) is 35.3 Å². The molecule has 0 saturated carbocycles. The van der Waals surface area contributed by atoms with Crippen LogP contribution < -0.4 is 10.3 Å². The van der Waals surface area contributed by atoms with E-state index in [1.54, 1.807) is 7.11 Å². The molecule has 1 saturated heterocycles. The summed E-state index contributed by atoms with van der Waals surface area (Å²) in [5.41, 5.74) is 3.68. The van der Waals surface area contributed by atoms with Crippen molar-refractivity contribution in [1.82, 2.24) is 14.8 Å². The first kappa shape index (κ1) is 21.9. The zero-order valence-corrected chi connectivity index (χ0v) is 18.9. The SMILES string of the molecule is COc1ccc(-c2ccc(CN3CCN(Cc4ccc(Cl)c(Cl)c4)CC3)c(=O)[nH]2)cc1. The van der Waals surface area contributed by atoms with Gasteiger partial charge in [0, 0.05) is 50.5 Å². The van der Waals surface area contributed by atoms with Crippen LogP contribution in [0.4, 0.5) is 0 Å². The summed E-state index contributed by atoms with van der Waals surface area (Å²) in [5.74, 6) is 0.793. The number of nitrogens with one attached hydrogen (secondary N) is 1. The molecule has 4 rings (SSSR count). The molecule has 0 unspecified atom stereocenters. The van der Waals surface area contributed by atoms with Crippen molar-refractivity contribution in [2.45, 2.75) is 13.1 Å². The number of piperazine rings is 1. The zero-order valence-electron chi connectivity index (χ0n) is 17.4. The molecule has 2 heterocycles. The number of H-pyrrole nitrogens is 1. The summed E-state index contributed by atoms with van der Waals surface area (Å²) >= 11 is 12.1. The molecule has 7 heteroatoms. The van der Waals surface area contributed by atoms with Gasteiger partial charge in [0.15, 0.2) is 0 Å². The van der Waals surface area contributed by atoms with Gasteiger partial charge in [-0.15, -0.1) is 0 Å². The summed E-state index contributed by atoms with van der Waals surface area (Å²) in [7, 11) is 1.64. The van der Waals surface area contributed by atoms with E-state index in [9.17, 15) is 4.79 Å². The fourth-order valence-electron chi connectivity index (χ4n) is 3.81. The van der Waals surface area contributed by atoms with Crippen molar-refractivity contribution in [2.24, 2.45) is 0 Å². The van der Waals surface area contributed by atoms with E-state index in [0.717, 1.165) is 60.9 Å². The first-order valence-electron chi connectivity index (χ1n) is 10.3. The fraction of sp³-hybridized carbons (Fsp3) is 0.292. The molecule has 1 aromatic heterocycles. The van der Waals surface area contributed by atoms with E-state index in [1.165, 1.54) is 0 Å². The third-order valence-corrected chi connectivity index (χ3v) is 6.38. The van der Waals surface area contributed by atoms with Crippen LogP contribution >= 0.6 is 23.2 Å². The Morgan fingerprint density at radius 1 is 0.871 bits per heavy atom. The van der Waals surface area contributed by atoms with Crippen LogP contribution in [0.15, 0.2) is 59.4 Å². The highest BCUT2D eigenvalue weighted by Gasteiger charge is 2.18. The number of rotatable bonds is 6. The number of aromatic amines is 1. The van der Waals surface area contributed by atoms with Crippen LogP contribution in [0.3, 0.4) is 0 Å². The molecule has 0 atom stereocenters. The lowest BCUT2D eigenvalue weighted by molar-refractivity contribution is 0.121. The van der Waals surface area contributed by atoms with E-state index in [4.69, 9.17) is 27.9 Å². The maximum Gasteiger partial charge on any atom is 0.252 e. The van der Waals surface area contributed by atoms with Crippen molar-refractivity contribution < 1.29 is 4.74 Å². The second-order valence-electron chi connectivity index (χ2n) is 7.76. The van der Waals surface area contributed by atoms with Crippen molar-refractivity contribution in [3.8, 4) is 17.0 Å². The van der Waals surface area contributed by atoms with Gasteiger partial charge in [0.2, 0.25) is 0 Å². The van der Waals surface area contributed by atoms with Crippen LogP contribution in [-0.4, -0.2) is 48.1 Å². The minimum absolute atomic E-state index is 0.0356. The normalized spacial score (nSPS) is 15.2. The third-order valence-electron chi connectivity index (χ3n) is 5.64. The van der Waals surface area contributed by atoms with Gasteiger partial charge in [-0.25, -0.2) is 0 Å². The number of hydrogen-bond donors (Lipinski definition) is 1. The number of ether oxygens (including phenoxy) is 1. The first-order chi connectivity index (χ1) is 15.0. The van der Waals surface area contributed by atoms with Crippen molar-refractivity contribution in [3.63, 3.8) is 0 Å². The Morgan fingerprint density at radius 3 is 2.16 bits per heavy atom. The molecular formula is C24H25Cl2N3O2. The van der Waals surface area contributed by atoms with E-state index < -0.39 is 0 Å². The zero-order chi connectivity index (χ0) is 21.8. The molecule has 1 aliphatic rings. The Morgan fingerprint density at radius 2 is 1.55 bits per heavy atom. The summed E-state index contributed by atoms with van der Waals surface area (Å²) in [6.07, 6.45) is 0. The first-order valence-corrected chi connectivity index (χ1v) is 11.0. The Hall–Kier alpha value is -2.31. The number of pyridine rings is 1. The Kier molecular flexibility index (Phi) is 6.98. The van der Waals surface area contributed by atoms with E-state index in [-0.39, 0.29) is 5.56 Å². The highest BCUT2D eigenvalue weighted by molar-refractivity contribution is 6.42.